The Hall–Kier alpha value is -1.82. The van der Waals surface area contributed by atoms with Crippen molar-refractivity contribution in [1.29, 1.82) is 0 Å². The van der Waals surface area contributed by atoms with Crippen molar-refractivity contribution in [3.63, 3.8) is 0 Å². The van der Waals surface area contributed by atoms with E-state index < -0.39 is 0 Å². The lowest BCUT2D eigenvalue weighted by Crippen LogP contribution is -1.98. The van der Waals surface area contributed by atoms with E-state index in [0.29, 0.717) is 17.1 Å². The van der Waals surface area contributed by atoms with E-state index in [1.165, 1.54) is 0 Å². The van der Waals surface area contributed by atoms with Gasteiger partial charge >= 0.3 is 0 Å². The van der Waals surface area contributed by atoms with Gasteiger partial charge in [-0.1, -0.05) is 12.1 Å². The standard InChI is InChI=1S/C15H9IO3/c16-10-3-6-13-12(8-10)15(18)14(19-13)7-9-1-4-11(17)5-2-9/h1-8,17H. The molecular weight excluding hydrogens is 355 g/mol. The maximum absolute atomic E-state index is 12.2. The molecule has 0 bridgehead atoms. The molecular formula is C15H9IO3. The lowest BCUT2D eigenvalue weighted by Gasteiger charge is -1.98. The van der Waals surface area contributed by atoms with E-state index in [1.807, 2.05) is 12.1 Å². The SMILES string of the molecule is O=C1C(=Cc2ccc(O)cc2)Oc2ccc(I)cc21. The first-order valence-electron chi connectivity index (χ1n) is 5.66. The molecule has 0 amide bonds. The molecule has 1 heterocycles. The highest BCUT2D eigenvalue weighted by Crippen LogP contribution is 2.32. The van der Waals surface area contributed by atoms with Gasteiger partial charge in [0.05, 0.1) is 5.56 Å². The van der Waals surface area contributed by atoms with Gasteiger partial charge in [-0.25, -0.2) is 0 Å². The number of ether oxygens (including phenoxy) is 1. The number of carbonyl (C=O) groups excluding carboxylic acids is 1. The molecule has 0 saturated heterocycles. The summed E-state index contributed by atoms with van der Waals surface area (Å²) in [7, 11) is 0. The Morgan fingerprint density at radius 2 is 1.84 bits per heavy atom. The third-order valence-corrected chi connectivity index (χ3v) is 3.49. The molecule has 0 saturated carbocycles. The lowest BCUT2D eigenvalue weighted by atomic mass is 10.1. The van der Waals surface area contributed by atoms with Crippen molar-refractivity contribution < 1.29 is 14.6 Å². The molecule has 3 nitrogen and oxygen atoms in total. The first kappa shape index (κ1) is 12.2. The van der Waals surface area contributed by atoms with Crippen molar-refractivity contribution >= 4 is 34.5 Å². The molecule has 1 aliphatic heterocycles. The summed E-state index contributed by atoms with van der Waals surface area (Å²) in [6, 6.07) is 12.1. The summed E-state index contributed by atoms with van der Waals surface area (Å²) in [5.74, 6) is 0.985. The maximum atomic E-state index is 12.2. The van der Waals surface area contributed by atoms with Gasteiger partial charge in [0.25, 0.3) is 0 Å². The topological polar surface area (TPSA) is 46.5 Å². The highest BCUT2D eigenvalue weighted by Gasteiger charge is 2.27. The molecule has 4 heteroatoms. The maximum Gasteiger partial charge on any atom is 0.232 e. The molecule has 0 aliphatic carbocycles. The fourth-order valence-electron chi connectivity index (χ4n) is 1.88. The summed E-state index contributed by atoms with van der Waals surface area (Å²) in [6.45, 7) is 0. The Balaban J connectivity index is 1.97. The second-order valence-corrected chi connectivity index (χ2v) is 5.42. The van der Waals surface area contributed by atoms with E-state index in [0.717, 1.165) is 9.13 Å². The molecule has 0 fully saturated rings. The van der Waals surface area contributed by atoms with Gasteiger partial charge in [0.2, 0.25) is 5.78 Å². The molecule has 0 aromatic heterocycles. The number of benzene rings is 2. The van der Waals surface area contributed by atoms with Crippen LogP contribution in [0.4, 0.5) is 0 Å². The highest BCUT2D eigenvalue weighted by molar-refractivity contribution is 14.1. The minimum Gasteiger partial charge on any atom is -0.508 e. The van der Waals surface area contributed by atoms with Crippen LogP contribution in [0.25, 0.3) is 6.08 Å². The van der Waals surface area contributed by atoms with E-state index >= 15 is 0 Å². The summed E-state index contributed by atoms with van der Waals surface area (Å²) in [6.07, 6.45) is 1.68. The van der Waals surface area contributed by atoms with E-state index in [1.54, 1.807) is 36.4 Å². The predicted molar refractivity (Wildman–Crippen MR) is 80.2 cm³/mol. The van der Waals surface area contributed by atoms with E-state index in [2.05, 4.69) is 22.6 Å². The van der Waals surface area contributed by atoms with Crippen LogP contribution in [0, 0.1) is 3.57 Å². The van der Waals surface area contributed by atoms with E-state index in [-0.39, 0.29) is 11.5 Å². The molecule has 0 radical (unpaired) electrons. The first-order valence-corrected chi connectivity index (χ1v) is 6.74. The number of rotatable bonds is 1. The molecule has 2 aromatic rings. The minimum absolute atomic E-state index is 0.110. The molecule has 0 atom stereocenters. The molecule has 2 aromatic carbocycles. The summed E-state index contributed by atoms with van der Waals surface area (Å²) in [4.78, 5) is 12.2. The smallest absolute Gasteiger partial charge is 0.232 e. The third-order valence-electron chi connectivity index (χ3n) is 2.82. The van der Waals surface area contributed by atoms with Gasteiger partial charge in [-0.2, -0.15) is 0 Å². The van der Waals surface area contributed by atoms with Crippen LogP contribution in [0.2, 0.25) is 0 Å². The van der Waals surface area contributed by atoms with Gasteiger partial charge in [-0.05, 0) is 64.6 Å². The number of allylic oxidation sites excluding steroid dienone is 1. The molecule has 1 N–H and O–H groups in total. The number of hydrogen-bond acceptors (Lipinski definition) is 3. The van der Waals surface area contributed by atoms with Crippen LogP contribution in [0.1, 0.15) is 15.9 Å². The number of hydrogen-bond donors (Lipinski definition) is 1. The van der Waals surface area contributed by atoms with Crippen LogP contribution in [0.15, 0.2) is 48.2 Å². The van der Waals surface area contributed by atoms with Gasteiger partial charge in [-0.15, -0.1) is 0 Å². The minimum atomic E-state index is -0.110. The number of carbonyl (C=O) groups is 1. The lowest BCUT2D eigenvalue weighted by molar-refractivity contribution is 0.101. The van der Waals surface area contributed by atoms with Crippen LogP contribution in [-0.4, -0.2) is 10.9 Å². The average Bonchev–Trinajstić information content (AvgIpc) is 2.70. The van der Waals surface area contributed by atoms with Crippen molar-refractivity contribution in [1.82, 2.24) is 0 Å². The van der Waals surface area contributed by atoms with Crippen LogP contribution < -0.4 is 4.74 Å². The molecule has 94 valence electrons. The zero-order valence-electron chi connectivity index (χ0n) is 9.76. The Bertz CT molecular complexity index is 687. The Kier molecular flexibility index (Phi) is 3.02. The van der Waals surface area contributed by atoms with Crippen LogP contribution >= 0.6 is 22.6 Å². The zero-order valence-corrected chi connectivity index (χ0v) is 11.9. The fourth-order valence-corrected chi connectivity index (χ4v) is 2.37. The Labute approximate surface area is 123 Å². The van der Waals surface area contributed by atoms with Gasteiger partial charge in [-0.3, -0.25) is 4.79 Å². The van der Waals surface area contributed by atoms with Crippen LogP contribution in [-0.2, 0) is 0 Å². The van der Waals surface area contributed by atoms with Crippen molar-refractivity contribution in [2.75, 3.05) is 0 Å². The van der Waals surface area contributed by atoms with Gasteiger partial charge in [0.1, 0.15) is 11.5 Å². The molecule has 19 heavy (non-hydrogen) atoms. The number of ketones is 1. The average molecular weight is 364 g/mol. The number of halogens is 1. The fraction of sp³-hybridized carbons (Fsp3) is 0. The largest absolute Gasteiger partial charge is 0.508 e. The monoisotopic (exact) mass is 364 g/mol. The van der Waals surface area contributed by atoms with Gasteiger partial charge in [0, 0.05) is 3.57 Å². The van der Waals surface area contributed by atoms with Crippen molar-refractivity contribution in [2.24, 2.45) is 0 Å². The van der Waals surface area contributed by atoms with Crippen LogP contribution in [0.5, 0.6) is 11.5 Å². The zero-order chi connectivity index (χ0) is 13.4. The summed E-state index contributed by atoms with van der Waals surface area (Å²) >= 11 is 2.16. The second-order valence-electron chi connectivity index (χ2n) is 4.17. The predicted octanol–water partition coefficient (Wildman–Crippen LogP) is 3.61. The first-order chi connectivity index (χ1) is 9.13. The Morgan fingerprint density at radius 1 is 1.11 bits per heavy atom. The number of phenols is 1. The van der Waals surface area contributed by atoms with E-state index in [4.69, 9.17) is 4.74 Å². The van der Waals surface area contributed by atoms with Crippen molar-refractivity contribution in [3.05, 3.63) is 62.9 Å². The highest BCUT2D eigenvalue weighted by atomic mass is 127. The molecule has 0 unspecified atom stereocenters. The molecule has 1 aliphatic rings. The molecule has 3 rings (SSSR count). The number of phenolic OH excluding ortho intramolecular Hbond substituents is 1. The van der Waals surface area contributed by atoms with Gasteiger partial charge in [0.15, 0.2) is 5.76 Å². The summed E-state index contributed by atoms with van der Waals surface area (Å²) in [5.41, 5.74) is 1.40. The quantitative estimate of drug-likeness (QED) is 0.621. The normalized spacial score (nSPS) is 15.4. The second kappa shape index (κ2) is 4.70. The van der Waals surface area contributed by atoms with Crippen molar-refractivity contribution in [2.45, 2.75) is 0 Å². The van der Waals surface area contributed by atoms with Crippen molar-refractivity contribution in [3.8, 4) is 11.5 Å². The number of fused-ring (bicyclic) bond motifs is 1. The van der Waals surface area contributed by atoms with Gasteiger partial charge < -0.3 is 9.84 Å². The number of aromatic hydroxyl groups is 1. The van der Waals surface area contributed by atoms with E-state index in [9.17, 15) is 9.90 Å². The number of Topliss-reactive ketones (excluding diaryl/α,β-unsaturated/α-hetero) is 1. The third kappa shape index (κ3) is 2.35. The summed E-state index contributed by atoms with van der Waals surface area (Å²) in [5, 5.41) is 9.22. The van der Waals surface area contributed by atoms with Crippen LogP contribution in [0.3, 0.4) is 0 Å². The molecule has 0 spiro atoms. The Morgan fingerprint density at radius 3 is 2.58 bits per heavy atom. The summed E-state index contributed by atoms with van der Waals surface area (Å²) < 4.78 is 6.55.